The lowest BCUT2D eigenvalue weighted by Crippen LogP contribution is -2.05. The van der Waals surface area contributed by atoms with Crippen molar-refractivity contribution in [1.29, 1.82) is 0 Å². The first-order valence-corrected chi connectivity index (χ1v) is 14.2. The summed E-state index contributed by atoms with van der Waals surface area (Å²) in [6.45, 7) is 13.2. The predicted molar refractivity (Wildman–Crippen MR) is 167 cm³/mol. The summed E-state index contributed by atoms with van der Waals surface area (Å²) in [4.78, 5) is 2.32. The van der Waals surface area contributed by atoms with Crippen LogP contribution in [0.4, 0.5) is 0 Å². The van der Waals surface area contributed by atoms with Crippen molar-refractivity contribution in [3.63, 3.8) is 0 Å². The van der Waals surface area contributed by atoms with E-state index in [1.165, 1.54) is 66.1 Å². The van der Waals surface area contributed by atoms with E-state index in [0.29, 0.717) is 0 Å². The summed E-state index contributed by atoms with van der Waals surface area (Å²) in [6.07, 6.45) is 18.7. The molecule has 4 aromatic rings. The number of rotatable bonds is 2. The highest BCUT2D eigenvalue weighted by molar-refractivity contribution is 8.03. The van der Waals surface area contributed by atoms with Crippen molar-refractivity contribution in [2.24, 2.45) is 0 Å². The van der Waals surface area contributed by atoms with E-state index in [-0.39, 0.29) is 5.92 Å². The molecule has 1 aliphatic carbocycles. The molecular weight excluding hydrogens is 478 g/mol. The Hall–Kier alpha value is -3.75. The number of fused-ring (bicyclic) bond motifs is 4. The van der Waals surface area contributed by atoms with Crippen molar-refractivity contribution < 1.29 is 0 Å². The maximum Gasteiger partial charge on any atom is 0.0541 e. The molecule has 3 aromatic carbocycles. The van der Waals surface area contributed by atoms with E-state index in [9.17, 15) is 0 Å². The van der Waals surface area contributed by atoms with Crippen LogP contribution in [0, 0.1) is 20.8 Å². The minimum absolute atomic E-state index is 0.264. The van der Waals surface area contributed by atoms with Gasteiger partial charge in [0.2, 0.25) is 0 Å². The highest BCUT2D eigenvalue weighted by Crippen LogP contribution is 2.42. The number of hydrogen-bond acceptors (Lipinski definition) is 1. The van der Waals surface area contributed by atoms with E-state index in [4.69, 9.17) is 0 Å². The zero-order valence-corrected chi connectivity index (χ0v) is 23.4. The number of aryl methyl sites for hydroxylation is 2. The molecule has 1 nitrogen and oxygen atoms in total. The van der Waals surface area contributed by atoms with Crippen molar-refractivity contribution in [3.05, 3.63) is 130 Å². The summed E-state index contributed by atoms with van der Waals surface area (Å²) in [6, 6.07) is 18.3. The van der Waals surface area contributed by atoms with Crippen molar-refractivity contribution >= 4 is 34.8 Å². The van der Waals surface area contributed by atoms with Crippen LogP contribution in [0.2, 0.25) is 0 Å². The molecule has 0 bridgehead atoms. The molecule has 0 amide bonds. The van der Waals surface area contributed by atoms with Crippen LogP contribution in [0.1, 0.15) is 52.8 Å². The van der Waals surface area contributed by atoms with Crippen molar-refractivity contribution in [2.45, 2.75) is 44.9 Å². The van der Waals surface area contributed by atoms with Gasteiger partial charge in [0.15, 0.2) is 0 Å². The van der Waals surface area contributed by atoms with E-state index in [2.05, 4.69) is 136 Å². The monoisotopic (exact) mass is 511 g/mol. The molecule has 188 valence electrons. The lowest BCUT2D eigenvalue weighted by atomic mass is 9.93. The molecule has 2 heterocycles. The molecule has 2 aliphatic rings. The molecule has 1 aliphatic heterocycles. The fraction of sp³-hybridized carbons (Fsp3) is 0.167. The van der Waals surface area contributed by atoms with Crippen molar-refractivity contribution in [3.8, 4) is 16.8 Å². The van der Waals surface area contributed by atoms with Gasteiger partial charge in [0.25, 0.3) is 0 Å². The summed E-state index contributed by atoms with van der Waals surface area (Å²) >= 11 is 1.76. The molecule has 6 rings (SSSR count). The van der Waals surface area contributed by atoms with Gasteiger partial charge in [-0.1, -0.05) is 91.5 Å². The van der Waals surface area contributed by atoms with Crippen LogP contribution in [0.3, 0.4) is 0 Å². The molecule has 0 radical (unpaired) electrons. The first-order valence-electron chi connectivity index (χ1n) is 13.4. The van der Waals surface area contributed by atoms with E-state index in [1.807, 2.05) is 0 Å². The van der Waals surface area contributed by atoms with Crippen LogP contribution in [0.25, 0.3) is 39.9 Å². The van der Waals surface area contributed by atoms with E-state index < -0.39 is 0 Å². The van der Waals surface area contributed by atoms with E-state index in [0.717, 1.165) is 11.3 Å². The quantitative estimate of drug-likeness (QED) is 0.259. The first kappa shape index (κ1) is 24.6. The Bertz CT molecular complexity index is 1720. The van der Waals surface area contributed by atoms with Gasteiger partial charge >= 0.3 is 0 Å². The van der Waals surface area contributed by atoms with Gasteiger partial charge in [-0.15, -0.1) is 0 Å². The first-order chi connectivity index (χ1) is 18.4. The molecule has 0 saturated heterocycles. The van der Waals surface area contributed by atoms with Crippen LogP contribution in [0.15, 0.2) is 101 Å². The highest BCUT2D eigenvalue weighted by Gasteiger charge is 2.22. The lowest BCUT2D eigenvalue weighted by molar-refractivity contribution is 0.903. The molecular formula is C36H33NS. The maximum atomic E-state index is 4.28. The third-order valence-corrected chi connectivity index (χ3v) is 8.75. The van der Waals surface area contributed by atoms with Gasteiger partial charge in [0, 0.05) is 26.7 Å². The molecule has 0 fully saturated rings. The number of benzene rings is 3. The second kappa shape index (κ2) is 9.85. The Morgan fingerprint density at radius 1 is 0.921 bits per heavy atom. The minimum Gasteiger partial charge on any atom is -0.309 e. The van der Waals surface area contributed by atoms with E-state index in [1.54, 1.807) is 11.8 Å². The molecule has 0 saturated carbocycles. The maximum absolute atomic E-state index is 4.28. The third-order valence-electron chi connectivity index (χ3n) is 7.77. The standard InChI is InChI=1S/C36H33NS/c1-23-20-25(3)27(5)30(21-23)28-18-19-33-31(22-28)29-14-7-6-8-15-32(29)37(33)34-16-11-17-35-36(34)24(2)12-9-10-13-26(4)38-35/h7-22,24H,4,6H2,1-3,5H3/b12-9-,13-10-. The van der Waals surface area contributed by atoms with Crippen molar-refractivity contribution in [1.82, 2.24) is 4.57 Å². The summed E-state index contributed by atoms with van der Waals surface area (Å²) in [7, 11) is 0. The number of aromatic nitrogens is 1. The van der Waals surface area contributed by atoms with Gasteiger partial charge in [-0.05, 0) is 91.4 Å². The Morgan fingerprint density at radius 2 is 1.76 bits per heavy atom. The summed E-state index contributed by atoms with van der Waals surface area (Å²) < 4.78 is 2.48. The molecule has 1 atom stereocenters. The van der Waals surface area contributed by atoms with E-state index >= 15 is 0 Å². The molecule has 0 spiro atoms. The van der Waals surface area contributed by atoms with Crippen LogP contribution in [-0.4, -0.2) is 4.57 Å². The summed E-state index contributed by atoms with van der Waals surface area (Å²) in [5, 5.41) is 1.29. The zero-order chi connectivity index (χ0) is 26.4. The van der Waals surface area contributed by atoms with Gasteiger partial charge in [0.05, 0.1) is 16.9 Å². The SMILES string of the molecule is C=C1/C=C\C=C/C(C)c2c(cccc2-n2c3c(c4cc(-c5cc(C)cc(C)c5C)ccc42)C=CCC=C3)S1. The van der Waals surface area contributed by atoms with Crippen LogP contribution < -0.4 is 0 Å². The number of hydrogen-bond donors (Lipinski definition) is 0. The largest absolute Gasteiger partial charge is 0.309 e. The number of allylic oxidation sites excluding steroid dienone is 6. The molecule has 2 heteroatoms. The normalized spacial score (nSPS) is 18.3. The molecule has 38 heavy (non-hydrogen) atoms. The Labute approximate surface area is 230 Å². The third kappa shape index (κ3) is 4.23. The smallest absolute Gasteiger partial charge is 0.0541 e. The summed E-state index contributed by atoms with van der Waals surface area (Å²) in [5.41, 5.74) is 12.9. The van der Waals surface area contributed by atoms with Crippen LogP contribution >= 0.6 is 11.8 Å². The van der Waals surface area contributed by atoms with Crippen LogP contribution in [-0.2, 0) is 0 Å². The molecule has 1 unspecified atom stereocenters. The Morgan fingerprint density at radius 3 is 2.63 bits per heavy atom. The van der Waals surface area contributed by atoms with Gasteiger partial charge in [-0.25, -0.2) is 0 Å². The van der Waals surface area contributed by atoms with Gasteiger partial charge in [-0.3, -0.25) is 0 Å². The Balaban J connectivity index is 1.65. The van der Waals surface area contributed by atoms with Crippen molar-refractivity contribution in [2.75, 3.05) is 0 Å². The average molecular weight is 512 g/mol. The predicted octanol–water partition coefficient (Wildman–Crippen LogP) is 10.5. The van der Waals surface area contributed by atoms with Crippen LogP contribution in [0.5, 0.6) is 0 Å². The fourth-order valence-corrected chi connectivity index (χ4v) is 6.80. The molecule has 0 N–H and O–H groups in total. The second-order valence-corrected chi connectivity index (χ2v) is 11.6. The fourth-order valence-electron chi connectivity index (χ4n) is 5.82. The second-order valence-electron chi connectivity index (χ2n) is 10.5. The van der Waals surface area contributed by atoms with Gasteiger partial charge < -0.3 is 4.57 Å². The Kier molecular flexibility index (Phi) is 6.37. The lowest BCUT2D eigenvalue weighted by Gasteiger charge is -2.21. The zero-order valence-electron chi connectivity index (χ0n) is 22.6. The molecule has 1 aromatic heterocycles. The summed E-state index contributed by atoms with van der Waals surface area (Å²) in [5.74, 6) is 0.264. The topological polar surface area (TPSA) is 4.93 Å². The number of thioether (sulfide) groups is 1. The average Bonchev–Trinajstić information content (AvgIpc) is 3.04. The van der Waals surface area contributed by atoms with Gasteiger partial charge in [0.1, 0.15) is 0 Å². The highest BCUT2D eigenvalue weighted by atomic mass is 32.2. The minimum atomic E-state index is 0.264. The number of nitrogens with zero attached hydrogens (tertiary/aromatic N) is 1. The van der Waals surface area contributed by atoms with Gasteiger partial charge in [-0.2, -0.15) is 0 Å².